The Morgan fingerprint density at radius 3 is 2.37 bits per heavy atom. The second-order valence-electron chi connectivity index (χ2n) is 6.24. The fraction of sp³-hybridized carbons (Fsp3) is 1.00. The van der Waals surface area contributed by atoms with E-state index in [1.807, 2.05) is 0 Å². The van der Waals surface area contributed by atoms with Crippen LogP contribution in [0.4, 0.5) is 0 Å². The van der Waals surface area contributed by atoms with E-state index >= 15 is 0 Å². The van der Waals surface area contributed by atoms with Crippen LogP contribution in [-0.2, 0) is 23.3 Å². The van der Waals surface area contributed by atoms with Crippen molar-refractivity contribution in [1.29, 1.82) is 5.53 Å². The summed E-state index contributed by atoms with van der Waals surface area (Å²) in [7, 11) is 0.708. The number of methoxy groups -OCH3 is 1. The first-order chi connectivity index (χ1) is 12.8. The maximum atomic E-state index is 10.7. The third-order valence-electron chi connectivity index (χ3n) is 4.58. The summed E-state index contributed by atoms with van der Waals surface area (Å²) in [6.45, 7) is -0.0248. The standard InChI is InChI=1S/C13H29N5O8P/c1-16-8-7(26-13(17-15)11(8)20)5-24-27(21,23-3)18-9-6(4-22-2)25-12(14)10(9)19/h6-13,15-16,18-21H,4-5,14H2,1-3H3/q+1/t6-,7-,8?,9?,10?,11?,12-,13-,27?/m1/s1. The fourth-order valence-electron chi connectivity index (χ4n) is 3.11. The van der Waals surface area contributed by atoms with Crippen molar-refractivity contribution in [1.82, 2.24) is 10.4 Å². The van der Waals surface area contributed by atoms with E-state index in [1.165, 1.54) is 14.2 Å². The van der Waals surface area contributed by atoms with Crippen LogP contribution in [0, 0.1) is 5.53 Å². The van der Waals surface area contributed by atoms with Crippen molar-refractivity contribution in [2.75, 3.05) is 34.5 Å². The predicted molar refractivity (Wildman–Crippen MR) is 92.4 cm³/mol. The summed E-state index contributed by atoms with van der Waals surface area (Å²) in [5.74, 6) is 0. The molecule has 2 saturated heterocycles. The number of nitrogens with one attached hydrogen (secondary N) is 3. The van der Waals surface area contributed by atoms with E-state index in [0.29, 0.717) is 0 Å². The van der Waals surface area contributed by atoms with Crippen LogP contribution >= 0.6 is 8.09 Å². The number of hydrogen-bond donors (Lipinski definition) is 7. The number of nitrogens with two attached hydrogens (primary N) is 1. The molecule has 0 aliphatic carbocycles. The summed E-state index contributed by atoms with van der Waals surface area (Å²) in [6.07, 6.45) is -5.42. The molecule has 2 heterocycles. The van der Waals surface area contributed by atoms with Crippen LogP contribution in [0.5, 0.6) is 0 Å². The minimum Gasteiger partial charge on any atom is -0.387 e. The number of aliphatic hydroxyl groups is 2. The van der Waals surface area contributed by atoms with E-state index in [-0.39, 0.29) is 13.2 Å². The molecule has 0 spiro atoms. The average Bonchev–Trinajstić information content (AvgIpc) is 3.10. The number of aliphatic hydroxyl groups excluding tert-OH is 2. The zero-order chi connectivity index (χ0) is 20.2. The van der Waals surface area contributed by atoms with E-state index < -0.39 is 57.0 Å². The summed E-state index contributed by atoms with van der Waals surface area (Å²) < 4.78 is 26.5. The van der Waals surface area contributed by atoms with Crippen molar-refractivity contribution in [3.05, 3.63) is 0 Å². The Hall–Kier alpha value is -0.410. The molecule has 13 nitrogen and oxygen atoms in total. The van der Waals surface area contributed by atoms with Gasteiger partial charge in [0.15, 0.2) is 6.23 Å². The topological polar surface area (TPSA) is 193 Å². The highest BCUT2D eigenvalue weighted by Crippen LogP contribution is 2.53. The summed E-state index contributed by atoms with van der Waals surface area (Å²) in [6, 6.07) is -1.34. The first-order valence-corrected chi connectivity index (χ1v) is 9.93. The SMILES string of the molecule is CNC1C(O)[C@H](N=N)O[C@@H]1CO[P+](O)(NC1C(O)[C@H](N)O[C@@H]1COC)OC. The van der Waals surface area contributed by atoms with Crippen molar-refractivity contribution in [2.24, 2.45) is 10.8 Å². The van der Waals surface area contributed by atoms with Gasteiger partial charge in [-0.25, -0.2) is 5.53 Å². The van der Waals surface area contributed by atoms with Gasteiger partial charge in [0.05, 0.1) is 19.8 Å². The highest BCUT2D eigenvalue weighted by Gasteiger charge is 2.53. The zero-order valence-electron chi connectivity index (χ0n) is 15.4. The van der Waals surface area contributed by atoms with Crippen LogP contribution in [0.2, 0.25) is 0 Å². The molecule has 0 aromatic carbocycles. The molecule has 0 radical (unpaired) electrons. The van der Waals surface area contributed by atoms with Crippen molar-refractivity contribution in [3.8, 4) is 0 Å². The molecule has 2 aliphatic heterocycles. The fourth-order valence-corrected chi connectivity index (χ4v) is 4.44. The molecule has 14 heteroatoms. The molecular weight excluding hydrogens is 385 g/mol. The van der Waals surface area contributed by atoms with Crippen LogP contribution in [0.15, 0.2) is 5.11 Å². The number of likely N-dealkylation sites (N-methyl/N-ethyl adjacent to an activating group) is 1. The molecule has 0 aromatic rings. The summed E-state index contributed by atoms with van der Waals surface area (Å²) in [4.78, 5) is 10.7. The maximum absolute atomic E-state index is 10.7. The summed E-state index contributed by atoms with van der Waals surface area (Å²) >= 11 is 0. The van der Waals surface area contributed by atoms with Gasteiger partial charge in [0, 0.05) is 7.11 Å². The van der Waals surface area contributed by atoms with Crippen LogP contribution in [0.25, 0.3) is 0 Å². The molecule has 0 amide bonds. The smallest absolute Gasteiger partial charge is 0.387 e. The lowest BCUT2D eigenvalue weighted by atomic mass is 10.1. The van der Waals surface area contributed by atoms with Crippen LogP contribution in [-0.4, -0.2) is 98.5 Å². The monoisotopic (exact) mass is 414 g/mol. The second-order valence-corrected chi connectivity index (χ2v) is 8.16. The van der Waals surface area contributed by atoms with Gasteiger partial charge >= 0.3 is 8.09 Å². The Labute approximate surface area is 157 Å². The number of ether oxygens (including phenoxy) is 3. The van der Waals surface area contributed by atoms with Crippen LogP contribution in [0.1, 0.15) is 0 Å². The largest absolute Gasteiger partial charge is 0.499 e. The minimum atomic E-state index is -3.63. The maximum Gasteiger partial charge on any atom is 0.499 e. The average molecular weight is 414 g/mol. The molecule has 0 bridgehead atoms. The van der Waals surface area contributed by atoms with E-state index in [1.54, 1.807) is 7.05 Å². The Bertz CT molecular complexity index is 496. The second kappa shape index (κ2) is 9.87. The molecule has 2 rings (SSSR count). The molecule has 0 saturated carbocycles. The Morgan fingerprint density at radius 1 is 1.15 bits per heavy atom. The van der Waals surface area contributed by atoms with Crippen molar-refractivity contribution < 1.29 is 38.4 Å². The van der Waals surface area contributed by atoms with E-state index in [2.05, 4.69) is 15.5 Å². The van der Waals surface area contributed by atoms with Gasteiger partial charge < -0.3 is 35.5 Å². The molecule has 27 heavy (non-hydrogen) atoms. The quantitative estimate of drug-likeness (QED) is 0.150. The summed E-state index contributed by atoms with van der Waals surface area (Å²) in [5.41, 5.74) is 12.8. The molecular formula is C13H29N5O8P+. The van der Waals surface area contributed by atoms with E-state index in [0.717, 1.165) is 0 Å². The molecule has 2 fully saturated rings. The molecule has 2 aliphatic rings. The van der Waals surface area contributed by atoms with Gasteiger partial charge in [-0.15, -0.1) is 5.09 Å². The molecule has 0 aromatic heterocycles. The van der Waals surface area contributed by atoms with Crippen LogP contribution < -0.4 is 16.1 Å². The molecule has 5 unspecified atom stereocenters. The molecule has 158 valence electrons. The number of hydrogen-bond acceptors (Lipinski definition) is 13. The lowest BCUT2D eigenvalue weighted by Gasteiger charge is -2.25. The van der Waals surface area contributed by atoms with Crippen molar-refractivity contribution in [2.45, 2.75) is 49.0 Å². The van der Waals surface area contributed by atoms with Gasteiger partial charge in [0.1, 0.15) is 43.3 Å². The van der Waals surface area contributed by atoms with Crippen LogP contribution in [0.3, 0.4) is 0 Å². The van der Waals surface area contributed by atoms with Crippen molar-refractivity contribution >= 4 is 8.09 Å². The Morgan fingerprint density at radius 2 is 1.81 bits per heavy atom. The van der Waals surface area contributed by atoms with Gasteiger partial charge in [-0.3, -0.25) is 0 Å². The first kappa shape index (κ1) is 22.9. The van der Waals surface area contributed by atoms with E-state index in [9.17, 15) is 15.1 Å². The van der Waals surface area contributed by atoms with Gasteiger partial charge in [0.2, 0.25) is 0 Å². The number of nitrogens with zero attached hydrogens (tertiary/aromatic N) is 1. The van der Waals surface area contributed by atoms with Gasteiger partial charge in [-0.1, -0.05) is 0 Å². The lowest BCUT2D eigenvalue weighted by Crippen LogP contribution is -2.48. The summed E-state index contributed by atoms with van der Waals surface area (Å²) in [5, 5.41) is 29.1. The van der Waals surface area contributed by atoms with Gasteiger partial charge in [-0.05, 0) is 7.05 Å². The predicted octanol–water partition coefficient (Wildman–Crippen LogP) is -2.33. The zero-order valence-corrected chi connectivity index (χ0v) is 16.3. The van der Waals surface area contributed by atoms with Gasteiger partial charge in [-0.2, -0.15) is 19.1 Å². The molecule has 9 atom stereocenters. The first-order valence-electron chi connectivity index (χ1n) is 8.35. The van der Waals surface area contributed by atoms with Gasteiger partial charge in [0.25, 0.3) is 0 Å². The Kier molecular flexibility index (Phi) is 8.36. The highest BCUT2D eigenvalue weighted by atomic mass is 31.2. The third-order valence-corrected chi connectivity index (χ3v) is 6.20. The lowest BCUT2D eigenvalue weighted by molar-refractivity contribution is -0.0172. The highest BCUT2D eigenvalue weighted by molar-refractivity contribution is 7.58. The van der Waals surface area contributed by atoms with E-state index in [4.69, 9.17) is 34.5 Å². The minimum absolute atomic E-state index is 0.137. The molecule has 8 N–H and O–H groups in total. The third kappa shape index (κ3) is 5.15. The van der Waals surface area contributed by atoms with Crippen molar-refractivity contribution in [3.63, 3.8) is 0 Å². The normalized spacial score (nSPS) is 41.6. The number of rotatable bonds is 10. The Balaban J connectivity index is 2.01.